The van der Waals surface area contributed by atoms with E-state index in [-0.39, 0.29) is 23.6 Å². The van der Waals surface area contributed by atoms with Gasteiger partial charge in [0.1, 0.15) is 11.4 Å². The highest BCUT2D eigenvalue weighted by atomic mass is 32.2. The first kappa shape index (κ1) is 18.1. The second-order valence-electron chi connectivity index (χ2n) is 5.70. The summed E-state index contributed by atoms with van der Waals surface area (Å²) in [4.78, 5) is 24.1. The van der Waals surface area contributed by atoms with E-state index in [1.165, 1.54) is 18.2 Å². The van der Waals surface area contributed by atoms with Crippen molar-refractivity contribution in [2.75, 3.05) is 19.7 Å². The molecule has 3 rings (SSSR count). The van der Waals surface area contributed by atoms with Gasteiger partial charge in [0.2, 0.25) is 5.91 Å². The van der Waals surface area contributed by atoms with Crippen LogP contribution in [0.5, 0.6) is 0 Å². The van der Waals surface area contributed by atoms with Crippen molar-refractivity contribution in [3.8, 4) is 0 Å². The normalized spacial score (nSPS) is 14.9. The number of fused-ring (bicyclic) bond motifs is 1. The van der Waals surface area contributed by atoms with Gasteiger partial charge in [-0.05, 0) is 17.7 Å². The Labute approximate surface area is 151 Å². The van der Waals surface area contributed by atoms with Crippen LogP contribution in [0.3, 0.4) is 0 Å². The van der Waals surface area contributed by atoms with E-state index in [4.69, 9.17) is 4.74 Å². The molecule has 1 N–H and O–H groups in total. The third-order valence-corrected chi connectivity index (χ3v) is 5.67. The smallest absolute Gasteiger partial charge is 0.269 e. The predicted molar refractivity (Wildman–Crippen MR) is 93.8 cm³/mol. The second kappa shape index (κ2) is 7.67. The fourth-order valence-corrected chi connectivity index (χ4v) is 4.13. The van der Waals surface area contributed by atoms with E-state index in [2.05, 4.69) is 5.32 Å². The van der Waals surface area contributed by atoms with Gasteiger partial charge >= 0.3 is 0 Å². The average molecular weight is 374 g/mol. The van der Waals surface area contributed by atoms with Crippen LogP contribution in [0.2, 0.25) is 0 Å². The highest BCUT2D eigenvalue weighted by molar-refractivity contribution is 7.90. The van der Waals surface area contributed by atoms with Gasteiger partial charge in [0.25, 0.3) is 15.9 Å². The highest BCUT2D eigenvalue weighted by Gasteiger charge is 2.41. The molecule has 0 spiro atoms. The SMILES string of the molecule is O=C(CN1C(=O)c2ccccc2S1(=O)=O)NCCOCc1ccccc1. The molecule has 136 valence electrons. The Hall–Kier alpha value is -2.71. The molecule has 7 nitrogen and oxygen atoms in total. The lowest BCUT2D eigenvalue weighted by Gasteiger charge is -2.14. The van der Waals surface area contributed by atoms with Crippen LogP contribution in [0.1, 0.15) is 15.9 Å². The number of hydrogen-bond acceptors (Lipinski definition) is 5. The van der Waals surface area contributed by atoms with E-state index in [0.717, 1.165) is 5.56 Å². The van der Waals surface area contributed by atoms with Crippen LogP contribution in [0.15, 0.2) is 59.5 Å². The molecule has 1 aliphatic rings. The molecule has 0 unspecified atom stereocenters. The maximum Gasteiger partial charge on any atom is 0.269 e. The molecular weight excluding hydrogens is 356 g/mol. The molecule has 0 aromatic heterocycles. The fraction of sp³-hybridized carbons (Fsp3) is 0.222. The summed E-state index contributed by atoms with van der Waals surface area (Å²) in [6.45, 7) is 0.377. The molecule has 2 aromatic rings. The van der Waals surface area contributed by atoms with Crippen molar-refractivity contribution in [3.63, 3.8) is 0 Å². The number of carbonyl (C=O) groups excluding carboxylic acids is 2. The standard InChI is InChI=1S/C18H18N2O5S/c21-17(19-10-11-25-13-14-6-2-1-3-7-14)12-20-18(22)15-8-4-5-9-16(15)26(20,23)24/h1-9H,10-13H2,(H,19,21). The van der Waals surface area contributed by atoms with Crippen molar-refractivity contribution in [1.29, 1.82) is 0 Å². The van der Waals surface area contributed by atoms with Crippen LogP contribution in [-0.2, 0) is 26.2 Å². The molecule has 0 fully saturated rings. The summed E-state index contributed by atoms with van der Waals surface area (Å²) in [5, 5.41) is 2.56. The van der Waals surface area contributed by atoms with Gasteiger partial charge < -0.3 is 10.1 Å². The maximum absolute atomic E-state index is 12.4. The van der Waals surface area contributed by atoms with Crippen LogP contribution >= 0.6 is 0 Å². The van der Waals surface area contributed by atoms with E-state index in [9.17, 15) is 18.0 Å². The molecule has 2 amide bonds. The Kier molecular flexibility index (Phi) is 5.34. The zero-order chi connectivity index (χ0) is 18.6. The molecule has 8 heteroatoms. The minimum atomic E-state index is -3.97. The molecule has 1 aliphatic heterocycles. The molecule has 0 saturated heterocycles. The summed E-state index contributed by atoms with van der Waals surface area (Å²) in [5.74, 6) is -1.24. The van der Waals surface area contributed by atoms with Gasteiger partial charge in [-0.3, -0.25) is 9.59 Å². The fourth-order valence-electron chi connectivity index (χ4n) is 2.60. The van der Waals surface area contributed by atoms with Crippen LogP contribution in [0.4, 0.5) is 0 Å². The summed E-state index contributed by atoms with van der Waals surface area (Å²) < 4.78 is 30.8. The third kappa shape index (κ3) is 3.76. The zero-order valence-corrected chi connectivity index (χ0v) is 14.7. The molecule has 0 bridgehead atoms. The number of benzene rings is 2. The summed E-state index contributed by atoms with van der Waals surface area (Å²) >= 11 is 0. The Morgan fingerprint density at radius 1 is 1.04 bits per heavy atom. The average Bonchev–Trinajstić information content (AvgIpc) is 2.83. The molecule has 26 heavy (non-hydrogen) atoms. The van der Waals surface area contributed by atoms with E-state index in [1.54, 1.807) is 6.07 Å². The molecular formula is C18H18N2O5S. The van der Waals surface area contributed by atoms with Crippen molar-refractivity contribution in [2.24, 2.45) is 0 Å². The molecule has 0 aliphatic carbocycles. The number of carbonyl (C=O) groups is 2. The lowest BCUT2D eigenvalue weighted by Crippen LogP contribution is -2.41. The highest BCUT2D eigenvalue weighted by Crippen LogP contribution is 2.29. The molecule has 1 heterocycles. The topological polar surface area (TPSA) is 92.8 Å². The van der Waals surface area contributed by atoms with Gasteiger partial charge in [-0.25, -0.2) is 12.7 Å². The Bertz CT molecular complexity index is 912. The molecule has 0 atom stereocenters. The Morgan fingerprint density at radius 2 is 1.73 bits per heavy atom. The summed E-state index contributed by atoms with van der Waals surface area (Å²) in [7, 11) is -3.97. The largest absolute Gasteiger partial charge is 0.375 e. The van der Waals surface area contributed by atoms with Gasteiger partial charge in [-0.1, -0.05) is 42.5 Å². The number of sulfonamides is 1. The number of hydrogen-bond donors (Lipinski definition) is 1. The van der Waals surface area contributed by atoms with E-state index >= 15 is 0 Å². The first-order valence-corrected chi connectivity index (χ1v) is 9.48. The summed E-state index contributed by atoms with van der Waals surface area (Å²) in [6.07, 6.45) is 0. The van der Waals surface area contributed by atoms with Crippen LogP contribution in [-0.4, -0.2) is 44.2 Å². The lowest BCUT2D eigenvalue weighted by molar-refractivity contribution is -0.121. The number of ether oxygens (including phenoxy) is 1. The van der Waals surface area contributed by atoms with Crippen molar-refractivity contribution in [3.05, 3.63) is 65.7 Å². The molecule has 0 saturated carbocycles. The van der Waals surface area contributed by atoms with Gasteiger partial charge in [0.05, 0.1) is 18.8 Å². The van der Waals surface area contributed by atoms with E-state index in [0.29, 0.717) is 10.9 Å². The van der Waals surface area contributed by atoms with E-state index < -0.39 is 28.4 Å². The van der Waals surface area contributed by atoms with Gasteiger partial charge in [0, 0.05) is 6.54 Å². The van der Waals surface area contributed by atoms with Crippen molar-refractivity contribution in [1.82, 2.24) is 9.62 Å². The predicted octanol–water partition coefficient (Wildman–Crippen LogP) is 1.16. The summed E-state index contributed by atoms with van der Waals surface area (Å²) in [5.41, 5.74) is 1.11. The van der Waals surface area contributed by atoms with Crippen LogP contribution in [0.25, 0.3) is 0 Å². The number of nitrogens with one attached hydrogen (secondary N) is 1. The third-order valence-electron chi connectivity index (χ3n) is 3.88. The molecule has 0 radical (unpaired) electrons. The first-order valence-electron chi connectivity index (χ1n) is 8.04. The molecule has 2 aromatic carbocycles. The van der Waals surface area contributed by atoms with Crippen molar-refractivity contribution in [2.45, 2.75) is 11.5 Å². The minimum Gasteiger partial charge on any atom is -0.375 e. The number of amides is 2. The minimum absolute atomic E-state index is 0.0657. The number of rotatable bonds is 7. The Balaban J connectivity index is 1.48. The van der Waals surface area contributed by atoms with Crippen LogP contribution in [0, 0.1) is 0 Å². The quantitative estimate of drug-likeness (QED) is 0.735. The van der Waals surface area contributed by atoms with Gasteiger partial charge in [-0.15, -0.1) is 0 Å². The maximum atomic E-state index is 12.4. The second-order valence-corrected chi connectivity index (χ2v) is 7.53. The van der Waals surface area contributed by atoms with E-state index in [1.807, 2.05) is 30.3 Å². The van der Waals surface area contributed by atoms with Crippen LogP contribution < -0.4 is 5.32 Å². The monoisotopic (exact) mass is 374 g/mol. The van der Waals surface area contributed by atoms with Crippen molar-refractivity contribution >= 4 is 21.8 Å². The lowest BCUT2D eigenvalue weighted by atomic mass is 10.2. The summed E-state index contributed by atoms with van der Waals surface area (Å²) in [6, 6.07) is 15.5. The zero-order valence-electron chi connectivity index (χ0n) is 13.9. The first-order chi connectivity index (χ1) is 12.5. The van der Waals surface area contributed by atoms with Gasteiger partial charge in [-0.2, -0.15) is 0 Å². The van der Waals surface area contributed by atoms with Gasteiger partial charge in [0.15, 0.2) is 0 Å². The Morgan fingerprint density at radius 3 is 2.46 bits per heavy atom. The number of nitrogens with zero attached hydrogens (tertiary/aromatic N) is 1. The van der Waals surface area contributed by atoms with Crippen molar-refractivity contribution < 1.29 is 22.7 Å².